The van der Waals surface area contributed by atoms with Crippen LogP contribution in [0, 0.1) is 6.92 Å². The van der Waals surface area contributed by atoms with Gasteiger partial charge in [-0.1, -0.05) is 17.8 Å². The molecule has 0 saturated carbocycles. The number of hydrogen-bond acceptors (Lipinski definition) is 5. The van der Waals surface area contributed by atoms with Gasteiger partial charge in [0.25, 0.3) is 11.7 Å². The molecular weight excluding hydrogens is 364 g/mol. The number of thioether (sulfide) groups is 1. The van der Waals surface area contributed by atoms with Crippen LogP contribution in [-0.4, -0.2) is 31.4 Å². The van der Waals surface area contributed by atoms with Gasteiger partial charge in [0.15, 0.2) is 6.61 Å². The second-order valence-electron chi connectivity index (χ2n) is 5.23. The Kier molecular flexibility index (Phi) is 6.97. The molecule has 0 radical (unpaired) electrons. The van der Waals surface area contributed by atoms with E-state index in [2.05, 4.69) is 5.32 Å². The molecule has 0 spiro atoms. The molecule has 0 saturated heterocycles. The highest BCUT2D eigenvalue weighted by molar-refractivity contribution is 7.99. The Labute approximate surface area is 153 Å². The first-order valence-electron chi connectivity index (χ1n) is 7.55. The maximum atomic E-state index is 12.3. The van der Waals surface area contributed by atoms with Crippen LogP contribution >= 0.6 is 11.8 Å². The Balaban J connectivity index is 1.90. The van der Waals surface area contributed by atoms with Gasteiger partial charge in [-0.15, -0.1) is 0 Å². The third-order valence-corrected chi connectivity index (χ3v) is 4.00. The molecule has 1 amide bonds. The van der Waals surface area contributed by atoms with Crippen molar-refractivity contribution in [2.45, 2.75) is 17.6 Å². The summed E-state index contributed by atoms with van der Waals surface area (Å²) >= 11 is 0.381. The molecule has 138 valence electrons. The zero-order chi connectivity index (χ0) is 19.1. The quantitative estimate of drug-likeness (QED) is 0.578. The molecule has 2 aromatic carbocycles. The minimum Gasteiger partial charge on any atom is -0.495 e. The number of aryl methyl sites for hydroxylation is 1. The van der Waals surface area contributed by atoms with Crippen molar-refractivity contribution in [3.8, 4) is 5.75 Å². The van der Waals surface area contributed by atoms with Gasteiger partial charge >= 0.3 is 5.97 Å². The number of amides is 1. The van der Waals surface area contributed by atoms with E-state index in [9.17, 15) is 18.4 Å². The summed E-state index contributed by atoms with van der Waals surface area (Å²) in [6.07, 6.45) is 0. The van der Waals surface area contributed by atoms with Crippen molar-refractivity contribution in [3.63, 3.8) is 0 Å². The van der Waals surface area contributed by atoms with Gasteiger partial charge in [0, 0.05) is 4.90 Å². The maximum Gasteiger partial charge on any atom is 0.338 e. The average Bonchev–Trinajstić information content (AvgIpc) is 2.60. The largest absolute Gasteiger partial charge is 0.495 e. The zero-order valence-corrected chi connectivity index (χ0v) is 14.9. The number of nitrogens with one attached hydrogen (secondary N) is 1. The van der Waals surface area contributed by atoms with Crippen molar-refractivity contribution in [1.29, 1.82) is 0 Å². The van der Waals surface area contributed by atoms with Crippen LogP contribution in [0.2, 0.25) is 0 Å². The van der Waals surface area contributed by atoms with E-state index >= 15 is 0 Å². The van der Waals surface area contributed by atoms with Crippen LogP contribution in [0.3, 0.4) is 0 Å². The number of benzene rings is 2. The van der Waals surface area contributed by atoms with Gasteiger partial charge in [-0.25, -0.2) is 4.79 Å². The number of esters is 1. The summed E-state index contributed by atoms with van der Waals surface area (Å²) in [6, 6.07) is 10.8. The van der Waals surface area contributed by atoms with Crippen molar-refractivity contribution in [2.24, 2.45) is 0 Å². The Morgan fingerprint density at radius 3 is 2.46 bits per heavy atom. The molecule has 26 heavy (non-hydrogen) atoms. The number of carbonyl (C=O) groups excluding carboxylic acids is 2. The van der Waals surface area contributed by atoms with Gasteiger partial charge in [-0.3, -0.25) is 4.79 Å². The normalized spacial score (nSPS) is 10.5. The number of rotatable bonds is 7. The van der Waals surface area contributed by atoms with Crippen LogP contribution in [0.4, 0.5) is 14.5 Å². The van der Waals surface area contributed by atoms with Crippen molar-refractivity contribution in [2.75, 3.05) is 19.0 Å². The fraction of sp³-hybridized carbons (Fsp3) is 0.222. The molecular formula is C18H17F2NO4S. The topological polar surface area (TPSA) is 64.6 Å². The molecule has 0 aromatic heterocycles. The predicted octanol–water partition coefficient (Wildman–Crippen LogP) is 4.11. The molecule has 2 aromatic rings. The van der Waals surface area contributed by atoms with Gasteiger partial charge in [0.2, 0.25) is 0 Å². The highest BCUT2D eigenvalue weighted by Crippen LogP contribution is 2.26. The first kappa shape index (κ1) is 19.7. The second kappa shape index (κ2) is 9.19. The molecule has 0 aliphatic carbocycles. The molecule has 1 N–H and O–H groups in total. The fourth-order valence-electron chi connectivity index (χ4n) is 2.09. The molecule has 0 bridgehead atoms. The molecule has 0 aliphatic heterocycles. The monoisotopic (exact) mass is 381 g/mol. The number of hydrogen-bond donors (Lipinski definition) is 1. The van der Waals surface area contributed by atoms with Crippen LogP contribution in [0.5, 0.6) is 5.75 Å². The standard InChI is InChI=1S/C18H17F2NO4S/c1-11-3-8-15(24-2)14(9-11)21-16(22)10-25-17(23)12-4-6-13(7-5-12)26-18(19)20/h3-9,18H,10H2,1-2H3,(H,21,22). The van der Waals surface area contributed by atoms with E-state index in [0.29, 0.717) is 28.1 Å². The molecule has 8 heteroatoms. The van der Waals surface area contributed by atoms with Crippen LogP contribution in [0.15, 0.2) is 47.4 Å². The van der Waals surface area contributed by atoms with E-state index in [4.69, 9.17) is 9.47 Å². The minimum absolute atomic E-state index is 0.171. The van der Waals surface area contributed by atoms with Crippen LogP contribution in [0.25, 0.3) is 0 Å². The lowest BCUT2D eigenvalue weighted by molar-refractivity contribution is -0.119. The summed E-state index contributed by atoms with van der Waals surface area (Å²) in [5, 5.41) is 2.61. The van der Waals surface area contributed by atoms with E-state index < -0.39 is 24.2 Å². The highest BCUT2D eigenvalue weighted by atomic mass is 32.2. The first-order chi connectivity index (χ1) is 12.4. The van der Waals surface area contributed by atoms with Crippen molar-refractivity contribution in [3.05, 3.63) is 53.6 Å². The lowest BCUT2D eigenvalue weighted by Crippen LogP contribution is -2.21. The number of ether oxygens (including phenoxy) is 2. The third kappa shape index (κ3) is 5.73. The predicted molar refractivity (Wildman–Crippen MR) is 94.9 cm³/mol. The Morgan fingerprint density at radius 1 is 1.15 bits per heavy atom. The third-order valence-electron chi connectivity index (χ3n) is 3.28. The van der Waals surface area contributed by atoms with E-state index in [0.717, 1.165) is 5.56 Å². The van der Waals surface area contributed by atoms with Gasteiger partial charge < -0.3 is 14.8 Å². The number of alkyl halides is 2. The number of methoxy groups -OCH3 is 1. The molecule has 5 nitrogen and oxygen atoms in total. The summed E-state index contributed by atoms with van der Waals surface area (Å²) in [6.45, 7) is 1.38. The minimum atomic E-state index is -2.53. The number of carbonyl (C=O) groups is 2. The molecule has 0 heterocycles. The first-order valence-corrected chi connectivity index (χ1v) is 8.43. The second-order valence-corrected chi connectivity index (χ2v) is 6.29. The Bertz CT molecular complexity index is 781. The maximum absolute atomic E-state index is 12.3. The number of anilines is 1. The summed E-state index contributed by atoms with van der Waals surface area (Å²) in [7, 11) is 1.48. The van der Waals surface area contributed by atoms with Crippen molar-refractivity contribution >= 4 is 29.3 Å². The van der Waals surface area contributed by atoms with Crippen molar-refractivity contribution in [1.82, 2.24) is 0 Å². The van der Waals surface area contributed by atoms with Crippen molar-refractivity contribution < 1.29 is 27.8 Å². The van der Waals surface area contributed by atoms with Gasteiger partial charge in [-0.05, 0) is 48.9 Å². The van der Waals surface area contributed by atoms with Crippen LogP contribution in [-0.2, 0) is 9.53 Å². The smallest absolute Gasteiger partial charge is 0.338 e. The summed E-state index contributed by atoms with van der Waals surface area (Å²) in [4.78, 5) is 24.2. The summed E-state index contributed by atoms with van der Waals surface area (Å²) in [5.41, 5.74) is 1.58. The highest BCUT2D eigenvalue weighted by Gasteiger charge is 2.13. The summed E-state index contributed by atoms with van der Waals surface area (Å²) in [5.74, 6) is -3.28. The Morgan fingerprint density at radius 2 is 1.85 bits per heavy atom. The van der Waals surface area contributed by atoms with Crippen LogP contribution < -0.4 is 10.1 Å². The number of halogens is 2. The molecule has 2 rings (SSSR count). The van der Waals surface area contributed by atoms with Crippen LogP contribution in [0.1, 0.15) is 15.9 Å². The van der Waals surface area contributed by atoms with E-state index in [-0.39, 0.29) is 5.56 Å². The van der Waals surface area contributed by atoms with E-state index in [1.807, 2.05) is 13.0 Å². The average molecular weight is 381 g/mol. The van der Waals surface area contributed by atoms with E-state index in [1.165, 1.54) is 31.4 Å². The van der Waals surface area contributed by atoms with E-state index in [1.54, 1.807) is 12.1 Å². The molecule has 0 unspecified atom stereocenters. The fourth-order valence-corrected chi connectivity index (χ4v) is 2.59. The molecule has 0 fully saturated rings. The Hall–Kier alpha value is -2.61. The molecule has 0 aliphatic rings. The van der Waals surface area contributed by atoms with Gasteiger partial charge in [0.05, 0.1) is 18.4 Å². The van der Waals surface area contributed by atoms with Gasteiger partial charge in [0.1, 0.15) is 5.75 Å². The zero-order valence-electron chi connectivity index (χ0n) is 14.1. The lowest BCUT2D eigenvalue weighted by atomic mass is 10.2. The SMILES string of the molecule is COc1ccc(C)cc1NC(=O)COC(=O)c1ccc(SC(F)F)cc1. The summed E-state index contributed by atoms with van der Waals surface area (Å²) < 4.78 is 34.6. The molecule has 0 atom stereocenters. The lowest BCUT2D eigenvalue weighted by Gasteiger charge is -2.11. The van der Waals surface area contributed by atoms with Gasteiger partial charge in [-0.2, -0.15) is 8.78 Å².